The first-order valence-corrected chi connectivity index (χ1v) is 11.2. The van der Waals surface area contributed by atoms with Gasteiger partial charge >= 0.3 is 0 Å². The highest BCUT2D eigenvalue weighted by atomic mass is 14.6. The van der Waals surface area contributed by atoms with E-state index >= 15 is 0 Å². The average molecular weight is 375 g/mol. The summed E-state index contributed by atoms with van der Waals surface area (Å²) in [5.74, 6) is 2.25. The molecule has 0 bridgehead atoms. The maximum absolute atomic E-state index is 2.64. The largest absolute Gasteiger partial charge is 0.0805 e. The fourth-order valence-corrected chi connectivity index (χ4v) is 6.50. The maximum atomic E-state index is 2.64. The van der Waals surface area contributed by atoms with Crippen molar-refractivity contribution in [1.29, 1.82) is 0 Å². The third-order valence-electron chi connectivity index (χ3n) is 8.30. The van der Waals surface area contributed by atoms with Crippen LogP contribution in [0, 0.1) is 23.2 Å². The predicted octanol–water partition coefficient (Wildman–Crippen LogP) is 6.66. The summed E-state index contributed by atoms with van der Waals surface area (Å²) < 4.78 is 0. The lowest BCUT2D eigenvalue weighted by atomic mass is 9.64. The van der Waals surface area contributed by atoms with Gasteiger partial charge < -0.3 is 0 Å². The van der Waals surface area contributed by atoms with E-state index in [4.69, 9.17) is 0 Å². The van der Waals surface area contributed by atoms with Gasteiger partial charge in [0.25, 0.3) is 0 Å². The van der Waals surface area contributed by atoms with Gasteiger partial charge in [-0.1, -0.05) is 91.9 Å². The smallest absolute Gasteiger partial charge is 0.0466 e. The van der Waals surface area contributed by atoms with E-state index in [-0.39, 0.29) is 5.41 Å². The Morgan fingerprint density at radius 3 is 2.62 bits per heavy atom. The Bertz CT molecular complexity index is 1160. The van der Waals surface area contributed by atoms with E-state index in [1.165, 1.54) is 35.1 Å². The lowest BCUT2D eigenvalue weighted by Gasteiger charge is -2.38. The SMILES string of the molecule is CC12C=CC3=C(C1C2)C(Cc1ccccc1)(C1=CC2CC2C=C1)c1ccccc13. The summed E-state index contributed by atoms with van der Waals surface area (Å²) >= 11 is 0. The van der Waals surface area contributed by atoms with Crippen molar-refractivity contribution in [2.24, 2.45) is 23.2 Å². The van der Waals surface area contributed by atoms with Gasteiger partial charge in [0.1, 0.15) is 0 Å². The van der Waals surface area contributed by atoms with E-state index in [0.29, 0.717) is 11.3 Å². The van der Waals surface area contributed by atoms with Gasteiger partial charge in [0.15, 0.2) is 0 Å². The summed E-state index contributed by atoms with van der Waals surface area (Å²) in [4.78, 5) is 0. The number of hydrogen-bond donors (Lipinski definition) is 0. The van der Waals surface area contributed by atoms with Crippen molar-refractivity contribution in [3.8, 4) is 0 Å². The molecule has 29 heavy (non-hydrogen) atoms. The fraction of sp³-hybridized carbons (Fsp3) is 0.310. The van der Waals surface area contributed by atoms with Gasteiger partial charge in [-0.2, -0.15) is 0 Å². The van der Waals surface area contributed by atoms with Gasteiger partial charge in [-0.05, 0) is 75.8 Å². The molecule has 0 nitrogen and oxygen atoms in total. The molecule has 5 aliphatic rings. The molecule has 5 unspecified atom stereocenters. The van der Waals surface area contributed by atoms with Crippen LogP contribution in [0.3, 0.4) is 0 Å². The Morgan fingerprint density at radius 1 is 0.931 bits per heavy atom. The number of benzene rings is 2. The minimum Gasteiger partial charge on any atom is -0.0805 e. The molecule has 0 aliphatic heterocycles. The monoisotopic (exact) mass is 374 g/mol. The van der Waals surface area contributed by atoms with Crippen LogP contribution in [0.25, 0.3) is 5.57 Å². The average Bonchev–Trinajstić information content (AvgIpc) is 3.65. The molecule has 0 radical (unpaired) electrons. The van der Waals surface area contributed by atoms with Crippen molar-refractivity contribution in [3.63, 3.8) is 0 Å². The van der Waals surface area contributed by atoms with Crippen LogP contribution < -0.4 is 0 Å². The van der Waals surface area contributed by atoms with E-state index in [1.54, 1.807) is 11.1 Å². The maximum Gasteiger partial charge on any atom is 0.0466 e. The molecule has 7 rings (SSSR count). The van der Waals surface area contributed by atoms with Gasteiger partial charge in [0.2, 0.25) is 0 Å². The molecule has 5 atom stereocenters. The second-order valence-corrected chi connectivity index (χ2v) is 10.1. The van der Waals surface area contributed by atoms with Crippen LogP contribution in [0.5, 0.6) is 0 Å². The zero-order chi connectivity index (χ0) is 19.2. The zero-order valence-corrected chi connectivity index (χ0v) is 16.9. The summed E-state index contributed by atoms with van der Waals surface area (Å²) in [6.45, 7) is 2.45. The third kappa shape index (κ3) is 2.10. The second kappa shape index (κ2) is 5.30. The Kier molecular flexibility index (Phi) is 2.97. The van der Waals surface area contributed by atoms with Crippen LogP contribution in [0.1, 0.15) is 36.5 Å². The van der Waals surface area contributed by atoms with Crippen LogP contribution in [-0.4, -0.2) is 0 Å². The van der Waals surface area contributed by atoms with E-state index in [1.807, 2.05) is 0 Å². The van der Waals surface area contributed by atoms with E-state index in [0.717, 1.165) is 18.3 Å². The quantitative estimate of drug-likeness (QED) is 0.563. The molecule has 0 spiro atoms. The standard InChI is InChI=1S/C29H26/c1-28-14-13-24-23-9-5-6-10-25(23)29(27(24)26(28)18-28,17-19-7-3-2-4-8-19)22-12-11-20-15-21(20)16-22/h2-14,16,20-21,26H,15,17-18H2,1H3. The molecule has 2 aromatic carbocycles. The van der Waals surface area contributed by atoms with Crippen molar-refractivity contribution in [2.45, 2.75) is 31.6 Å². The summed E-state index contributed by atoms with van der Waals surface area (Å²) in [5, 5.41) is 0. The first-order chi connectivity index (χ1) is 14.2. The van der Waals surface area contributed by atoms with Crippen LogP contribution in [0.15, 0.2) is 96.1 Å². The third-order valence-corrected chi connectivity index (χ3v) is 8.30. The normalized spacial score (nSPS) is 37.4. The van der Waals surface area contributed by atoms with Gasteiger partial charge in [-0.25, -0.2) is 0 Å². The number of hydrogen-bond acceptors (Lipinski definition) is 0. The van der Waals surface area contributed by atoms with Crippen molar-refractivity contribution in [3.05, 3.63) is 113 Å². The fourth-order valence-electron chi connectivity index (χ4n) is 6.50. The second-order valence-electron chi connectivity index (χ2n) is 10.1. The molecule has 0 aromatic heterocycles. The first-order valence-electron chi connectivity index (χ1n) is 11.2. The summed E-state index contributed by atoms with van der Waals surface area (Å²) in [6.07, 6.45) is 16.3. The molecule has 0 amide bonds. The van der Waals surface area contributed by atoms with Crippen LogP contribution in [-0.2, 0) is 11.8 Å². The summed E-state index contributed by atoms with van der Waals surface area (Å²) in [5.41, 5.74) is 9.59. The highest BCUT2D eigenvalue weighted by molar-refractivity contribution is 5.91. The zero-order valence-electron chi connectivity index (χ0n) is 16.9. The molecule has 0 heteroatoms. The van der Waals surface area contributed by atoms with Crippen LogP contribution >= 0.6 is 0 Å². The molecule has 0 saturated heterocycles. The number of allylic oxidation sites excluding steroid dienone is 8. The Labute approximate surface area is 173 Å². The minimum absolute atomic E-state index is 0.00940. The lowest BCUT2D eigenvalue weighted by Crippen LogP contribution is -2.34. The molecule has 2 aromatic rings. The van der Waals surface area contributed by atoms with Crippen molar-refractivity contribution in [2.75, 3.05) is 0 Å². The van der Waals surface area contributed by atoms with Crippen molar-refractivity contribution < 1.29 is 0 Å². The topological polar surface area (TPSA) is 0 Å². The lowest BCUT2D eigenvalue weighted by molar-refractivity contribution is 0.538. The highest BCUT2D eigenvalue weighted by Crippen LogP contribution is 2.70. The van der Waals surface area contributed by atoms with E-state index in [9.17, 15) is 0 Å². The first kappa shape index (κ1) is 16.2. The molecule has 142 valence electrons. The Morgan fingerprint density at radius 2 is 1.76 bits per heavy atom. The molecular weight excluding hydrogens is 348 g/mol. The minimum atomic E-state index is -0.00940. The van der Waals surface area contributed by atoms with E-state index < -0.39 is 0 Å². The van der Waals surface area contributed by atoms with Gasteiger partial charge in [0.05, 0.1) is 0 Å². The molecule has 2 saturated carbocycles. The highest BCUT2D eigenvalue weighted by Gasteiger charge is 2.61. The van der Waals surface area contributed by atoms with Crippen LogP contribution in [0.4, 0.5) is 0 Å². The predicted molar refractivity (Wildman–Crippen MR) is 119 cm³/mol. The summed E-state index contributed by atoms with van der Waals surface area (Å²) in [6, 6.07) is 20.4. The molecule has 0 N–H and O–H groups in total. The van der Waals surface area contributed by atoms with Crippen molar-refractivity contribution in [1.82, 2.24) is 0 Å². The molecular formula is C29H26. The van der Waals surface area contributed by atoms with Gasteiger partial charge in [-0.3, -0.25) is 0 Å². The van der Waals surface area contributed by atoms with E-state index in [2.05, 4.69) is 91.9 Å². The molecule has 5 aliphatic carbocycles. The Hall–Kier alpha value is -2.60. The van der Waals surface area contributed by atoms with Crippen molar-refractivity contribution >= 4 is 5.57 Å². The van der Waals surface area contributed by atoms with Crippen LogP contribution in [0.2, 0.25) is 0 Å². The van der Waals surface area contributed by atoms with Gasteiger partial charge in [-0.15, -0.1) is 0 Å². The summed E-state index contributed by atoms with van der Waals surface area (Å²) in [7, 11) is 0. The number of fused-ring (bicyclic) bond motifs is 5. The molecule has 2 fully saturated rings. The Balaban J connectivity index is 1.52. The van der Waals surface area contributed by atoms with Gasteiger partial charge in [0, 0.05) is 5.41 Å². The molecule has 0 heterocycles. The number of rotatable bonds is 3.